The van der Waals surface area contributed by atoms with Gasteiger partial charge in [-0.05, 0) is 17.7 Å². The van der Waals surface area contributed by atoms with Crippen molar-refractivity contribution < 1.29 is 14.4 Å². The van der Waals surface area contributed by atoms with E-state index in [1.165, 1.54) is 6.92 Å². The normalized spacial score (nSPS) is 18.4. The summed E-state index contributed by atoms with van der Waals surface area (Å²) in [5.41, 5.74) is 4.94. The van der Waals surface area contributed by atoms with Crippen LogP contribution in [-0.4, -0.2) is 28.4 Å². The Bertz CT molecular complexity index is 670. The number of hydrazone groups is 1. The largest absolute Gasteiger partial charge is 0.326 e. The molecule has 128 valence electrons. The third-order valence-electron chi connectivity index (χ3n) is 3.69. The zero-order chi connectivity index (χ0) is 17.7. The molecule has 7 heteroatoms. The van der Waals surface area contributed by atoms with Crippen molar-refractivity contribution in [3.63, 3.8) is 0 Å². The quantitative estimate of drug-likeness (QED) is 0.856. The Morgan fingerprint density at radius 2 is 2.04 bits per heavy atom. The first-order valence-corrected chi connectivity index (χ1v) is 8.76. The summed E-state index contributed by atoms with van der Waals surface area (Å²) in [4.78, 5) is 34.3. The number of amides is 2. The predicted octanol–water partition coefficient (Wildman–Crippen LogP) is 2.40. The van der Waals surface area contributed by atoms with Crippen LogP contribution in [0.3, 0.4) is 0 Å². The summed E-state index contributed by atoms with van der Waals surface area (Å²) in [6, 6.07) is 7.36. The minimum atomic E-state index is -0.253. The lowest BCUT2D eigenvalue weighted by molar-refractivity contribution is -0.122. The van der Waals surface area contributed by atoms with Crippen LogP contribution in [0.5, 0.6) is 0 Å². The smallest absolute Gasteiger partial charge is 0.240 e. The van der Waals surface area contributed by atoms with Crippen LogP contribution in [0.2, 0.25) is 0 Å². The maximum Gasteiger partial charge on any atom is 0.240 e. The molecule has 0 saturated heterocycles. The molecule has 0 radical (unpaired) electrons. The highest BCUT2D eigenvalue weighted by Crippen LogP contribution is 2.19. The number of thioether (sulfide) groups is 1. The van der Waals surface area contributed by atoms with Crippen LogP contribution in [0.4, 0.5) is 5.69 Å². The first kappa shape index (κ1) is 18.2. The number of nitrogens with zero attached hydrogens (tertiary/aromatic N) is 1. The number of benzene rings is 1. The van der Waals surface area contributed by atoms with Crippen molar-refractivity contribution in [1.29, 1.82) is 0 Å². The average molecular weight is 347 g/mol. The van der Waals surface area contributed by atoms with E-state index in [1.807, 2.05) is 31.2 Å². The summed E-state index contributed by atoms with van der Waals surface area (Å²) >= 11 is 1.15. The van der Waals surface area contributed by atoms with E-state index in [2.05, 4.69) is 15.8 Å². The second-order valence-corrected chi connectivity index (χ2v) is 7.10. The lowest BCUT2D eigenvalue weighted by Gasteiger charge is -2.19. The summed E-state index contributed by atoms with van der Waals surface area (Å²) in [6.45, 7) is 5.24. The maximum absolute atomic E-state index is 12.1. The Morgan fingerprint density at radius 3 is 2.62 bits per heavy atom. The fourth-order valence-corrected chi connectivity index (χ4v) is 2.95. The highest BCUT2D eigenvalue weighted by molar-refractivity contribution is 8.13. The van der Waals surface area contributed by atoms with E-state index in [1.54, 1.807) is 6.92 Å². The van der Waals surface area contributed by atoms with Gasteiger partial charge in [0.25, 0.3) is 0 Å². The van der Waals surface area contributed by atoms with Crippen molar-refractivity contribution in [2.75, 3.05) is 11.1 Å². The zero-order valence-electron chi connectivity index (χ0n) is 14.0. The van der Waals surface area contributed by atoms with Crippen LogP contribution in [0.1, 0.15) is 32.8 Å². The molecule has 24 heavy (non-hydrogen) atoms. The van der Waals surface area contributed by atoms with Crippen molar-refractivity contribution >= 4 is 40.1 Å². The molecular formula is C17H21N3O3S. The third kappa shape index (κ3) is 4.92. The fourth-order valence-electron chi connectivity index (χ4n) is 2.31. The molecule has 0 aliphatic carbocycles. The molecule has 1 heterocycles. The Balaban J connectivity index is 1.98. The minimum Gasteiger partial charge on any atom is -0.326 e. The van der Waals surface area contributed by atoms with Gasteiger partial charge in [0.05, 0.1) is 5.71 Å². The standard InChI is InChI=1S/C17H21N3O3S/c1-10-8-15(22)19-20-16(10)13-4-6-14(7-5-13)18-17(23)11(2)9-24-12(3)21/h4-7,10-11H,8-9H2,1-3H3,(H,18,23)(H,19,22). The molecular weight excluding hydrogens is 326 g/mol. The molecule has 2 atom stereocenters. The highest BCUT2D eigenvalue weighted by Gasteiger charge is 2.21. The van der Waals surface area contributed by atoms with E-state index in [-0.39, 0.29) is 28.8 Å². The fraction of sp³-hybridized carbons (Fsp3) is 0.412. The average Bonchev–Trinajstić information content (AvgIpc) is 2.53. The number of carbonyl (C=O) groups excluding carboxylic acids is 3. The van der Waals surface area contributed by atoms with Crippen LogP contribution in [0, 0.1) is 11.8 Å². The third-order valence-corrected chi connectivity index (χ3v) is 4.76. The molecule has 0 saturated carbocycles. The van der Waals surface area contributed by atoms with Gasteiger partial charge in [-0.15, -0.1) is 0 Å². The lowest BCUT2D eigenvalue weighted by Crippen LogP contribution is -2.31. The summed E-state index contributed by atoms with van der Waals surface area (Å²) in [6.07, 6.45) is 0.419. The molecule has 2 rings (SSSR count). The van der Waals surface area contributed by atoms with Gasteiger partial charge in [0.1, 0.15) is 0 Å². The molecule has 1 aromatic rings. The molecule has 0 spiro atoms. The number of nitrogens with one attached hydrogen (secondary N) is 2. The van der Waals surface area contributed by atoms with E-state index in [9.17, 15) is 14.4 Å². The van der Waals surface area contributed by atoms with Gasteiger partial charge in [0.2, 0.25) is 11.8 Å². The second kappa shape index (κ2) is 8.10. The highest BCUT2D eigenvalue weighted by atomic mass is 32.2. The Morgan fingerprint density at radius 1 is 1.38 bits per heavy atom. The predicted molar refractivity (Wildman–Crippen MR) is 95.8 cm³/mol. The first-order chi connectivity index (χ1) is 11.4. The van der Waals surface area contributed by atoms with Gasteiger partial charge in [-0.2, -0.15) is 5.10 Å². The molecule has 0 bridgehead atoms. The zero-order valence-corrected chi connectivity index (χ0v) is 14.8. The van der Waals surface area contributed by atoms with E-state index in [0.717, 1.165) is 23.0 Å². The van der Waals surface area contributed by atoms with Crippen LogP contribution >= 0.6 is 11.8 Å². The maximum atomic E-state index is 12.1. The molecule has 2 amide bonds. The van der Waals surface area contributed by atoms with E-state index in [4.69, 9.17) is 0 Å². The molecule has 2 N–H and O–H groups in total. The molecule has 2 unspecified atom stereocenters. The SMILES string of the molecule is CC(=O)SCC(C)C(=O)Nc1ccc(C2=NNC(=O)CC2C)cc1. The summed E-state index contributed by atoms with van der Waals surface area (Å²) in [5.74, 6) is 0.0758. The van der Waals surface area contributed by atoms with Crippen LogP contribution in [0.15, 0.2) is 29.4 Å². The number of hydrogen-bond acceptors (Lipinski definition) is 5. The number of anilines is 1. The number of hydrogen-bond donors (Lipinski definition) is 2. The van der Waals surface area contributed by atoms with Gasteiger partial charge < -0.3 is 5.32 Å². The van der Waals surface area contributed by atoms with E-state index in [0.29, 0.717) is 17.9 Å². The van der Waals surface area contributed by atoms with Gasteiger partial charge in [0, 0.05) is 36.6 Å². The molecule has 1 aromatic carbocycles. The van der Waals surface area contributed by atoms with Crippen LogP contribution in [0.25, 0.3) is 0 Å². The minimum absolute atomic E-state index is 0.00784. The molecule has 6 nitrogen and oxygen atoms in total. The van der Waals surface area contributed by atoms with Crippen molar-refractivity contribution in [1.82, 2.24) is 5.43 Å². The molecule has 0 fully saturated rings. The van der Waals surface area contributed by atoms with Gasteiger partial charge in [0.15, 0.2) is 5.12 Å². The van der Waals surface area contributed by atoms with Gasteiger partial charge in [-0.25, -0.2) is 5.43 Å². The van der Waals surface area contributed by atoms with Crippen molar-refractivity contribution in [3.8, 4) is 0 Å². The summed E-state index contributed by atoms with van der Waals surface area (Å²) in [5, 5.41) is 6.96. The Kier molecular flexibility index (Phi) is 6.14. The van der Waals surface area contributed by atoms with Gasteiger partial charge in [-0.1, -0.05) is 37.7 Å². The number of rotatable bonds is 5. The molecule has 1 aliphatic heterocycles. The number of carbonyl (C=O) groups is 3. The Labute approximate surface area is 145 Å². The topological polar surface area (TPSA) is 87.6 Å². The van der Waals surface area contributed by atoms with Crippen LogP contribution < -0.4 is 10.7 Å². The first-order valence-electron chi connectivity index (χ1n) is 7.78. The van der Waals surface area contributed by atoms with Crippen molar-refractivity contribution in [3.05, 3.63) is 29.8 Å². The van der Waals surface area contributed by atoms with Crippen molar-refractivity contribution in [2.45, 2.75) is 27.2 Å². The molecule has 1 aliphatic rings. The van der Waals surface area contributed by atoms with E-state index >= 15 is 0 Å². The summed E-state index contributed by atoms with van der Waals surface area (Å²) in [7, 11) is 0. The van der Waals surface area contributed by atoms with Crippen molar-refractivity contribution in [2.24, 2.45) is 16.9 Å². The lowest BCUT2D eigenvalue weighted by atomic mass is 9.94. The van der Waals surface area contributed by atoms with E-state index < -0.39 is 0 Å². The molecule has 0 aromatic heterocycles. The Hall–Kier alpha value is -2.15. The van der Waals surface area contributed by atoms with Crippen LogP contribution in [-0.2, 0) is 14.4 Å². The van der Waals surface area contributed by atoms with Gasteiger partial charge in [-0.3, -0.25) is 14.4 Å². The summed E-state index contributed by atoms with van der Waals surface area (Å²) < 4.78 is 0. The van der Waals surface area contributed by atoms with Gasteiger partial charge >= 0.3 is 0 Å². The monoisotopic (exact) mass is 347 g/mol. The second-order valence-electron chi connectivity index (χ2n) is 5.91.